The summed E-state index contributed by atoms with van der Waals surface area (Å²) in [5.41, 5.74) is 0.819. The van der Waals surface area contributed by atoms with Gasteiger partial charge in [-0.25, -0.2) is 9.78 Å². The molecule has 2 N–H and O–H groups in total. The summed E-state index contributed by atoms with van der Waals surface area (Å²) in [6.45, 7) is 3.59. The molecule has 1 aromatic heterocycles. The van der Waals surface area contributed by atoms with Gasteiger partial charge < -0.3 is 15.4 Å². The third-order valence-electron chi connectivity index (χ3n) is 6.21. The van der Waals surface area contributed by atoms with Gasteiger partial charge in [-0.05, 0) is 49.9 Å². The lowest BCUT2D eigenvalue weighted by molar-refractivity contribution is -0.136. The molecule has 1 aromatic carbocycles. The van der Waals surface area contributed by atoms with E-state index >= 15 is 0 Å². The molecule has 31 heavy (non-hydrogen) atoms. The second-order valence-electron chi connectivity index (χ2n) is 8.14. The largest absolute Gasteiger partial charge is 0.497 e. The van der Waals surface area contributed by atoms with E-state index in [2.05, 4.69) is 15.6 Å². The van der Waals surface area contributed by atoms with Crippen LogP contribution in [0.3, 0.4) is 0 Å². The van der Waals surface area contributed by atoms with Gasteiger partial charge in [-0.2, -0.15) is 0 Å². The number of hydrogen-bond acceptors (Lipinski definition) is 6. The van der Waals surface area contributed by atoms with Gasteiger partial charge in [0.15, 0.2) is 5.13 Å². The Balaban J connectivity index is 1.44. The minimum atomic E-state index is -0.866. The number of methoxy groups -OCH3 is 1. The monoisotopic (exact) mass is 442 g/mol. The van der Waals surface area contributed by atoms with Crippen molar-refractivity contribution in [3.05, 3.63) is 29.1 Å². The summed E-state index contributed by atoms with van der Waals surface area (Å²) in [4.78, 5) is 44.6. The number of thiazole rings is 1. The topological polar surface area (TPSA) is 101 Å². The lowest BCUT2D eigenvalue weighted by Crippen LogP contribution is -2.54. The van der Waals surface area contributed by atoms with Crippen LogP contribution >= 0.6 is 11.3 Å². The maximum absolute atomic E-state index is 13.0. The fourth-order valence-corrected chi connectivity index (χ4v) is 5.26. The van der Waals surface area contributed by atoms with E-state index in [0.29, 0.717) is 11.6 Å². The van der Waals surface area contributed by atoms with Crippen molar-refractivity contribution < 1.29 is 19.1 Å². The lowest BCUT2D eigenvalue weighted by atomic mass is 9.73. The number of anilines is 1. The van der Waals surface area contributed by atoms with Crippen LogP contribution < -0.4 is 15.4 Å². The van der Waals surface area contributed by atoms with Crippen molar-refractivity contribution in [3.63, 3.8) is 0 Å². The van der Waals surface area contributed by atoms with Crippen molar-refractivity contribution in [2.75, 3.05) is 19.0 Å². The molecular weight excluding hydrogens is 416 g/mol. The molecule has 2 atom stereocenters. The number of benzene rings is 1. The first-order chi connectivity index (χ1) is 14.8. The summed E-state index contributed by atoms with van der Waals surface area (Å²) < 4.78 is 5.18. The van der Waals surface area contributed by atoms with Gasteiger partial charge in [-0.3, -0.25) is 14.5 Å². The summed E-state index contributed by atoms with van der Waals surface area (Å²) in [6, 6.07) is 7.02. The second kappa shape index (κ2) is 8.30. The van der Waals surface area contributed by atoms with E-state index in [0.717, 1.165) is 46.0 Å². The molecule has 0 radical (unpaired) electrons. The summed E-state index contributed by atoms with van der Waals surface area (Å²) in [5.74, 6) is 0.0661. The maximum Gasteiger partial charge on any atom is 0.325 e. The first-order valence-electron chi connectivity index (χ1n) is 10.4. The van der Waals surface area contributed by atoms with E-state index in [1.54, 1.807) is 7.11 Å². The number of nitrogens with one attached hydrogen (secondary N) is 2. The summed E-state index contributed by atoms with van der Waals surface area (Å²) in [5, 5.41) is 6.03. The summed E-state index contributed by atoms with van der Waals surface area (Å²) >= 11 is 1.35. The number of carbonyl (C=O) groups excluding carboxylic acids is 3. The predicted molar refractivity (Wildman–Crippen MR) is 118 cm³/mol. The number of aryl methyl sites for hydroxylation is 1. The molecule has 1 aliphatic carbocycles. The van der Waals surface area contributed by atoms with Crippen LogP contribution in [0.4, 0.5) is 9.93 Å². The molecule has 9 heteroatoms. The van der Waals surface area contributed by atoms with Gasteiger partial charge in [0, 0.05) is 10.4 Å². The molecule has 2 aromatic rings. The molecule has 2 heterocycles. The van der Waals surface area contributed by atoms with E-state index in [9.17, 15) is 14.4 Å². The number of rotatable bonds is 5. The van der Waals surface area contributed by atoms with Crippen LogP contribution in [0.1, 0.15) is 37.5 Å². The SMILES string of the molecule is COc1ccc(-c2nc(NC(=O)CN3C(=O)N[C@]4(CCCC[C@H]4C)C3=O)sc2C)cc1. The Morgan fingerprint density at radius 1 is 1.32 bits per heavy atom. The zero-order valence-corrected chi connectivity index (χ0v) is 18.7. The number of amides is 4. The minimum absolute atomic E-state index is 0.0550. The molecule has 1 saturated carbocycles. The number of ether oxygens (including phenoxy) is 1. The number of carbonyl (C=O) groups is 3. The molecule has 2 fully saturated rings. The van der Waals surface area contributed by atoms with Gasteiger partial charge in [-0.15, -0.1) is 11.3 Å². The highest BCUT2D eigenvalue weighted by Gasteiger charge is 2.55. The van der Waals surface area contributed by atoms with Crippen molar-refractivity contribution >= 4 is 34.3 Å². The average Bonchev–Trinajstić information content (AvgIpc) is 3.23. The average molecular weight is 443 g/mol. The van der Waals surface area contributed by atoms with E-state index in [-0.39, 0.29) is 18.4 Å². The van der Waals surface area contributed by atoms with Crippen molar-refractivity contribution in [2.24, 2.45) is 5.92 Å². The van der Waals surface area contributed by atoms with Gasteiger partial charge in [-0.1, -0.05) is 19.8 Å². The van der Waals surface area contributed by atoms with Crippen LogP contribution in [0.5, 0.6) is 5.75 Å². The molecular formula is C22H26N4O4S. The Bertz CT molecular complexity index is 1020. The van der Waals surface area contributed by atoms with E-state index in [4.69, 9.17) is 4.74 Å². The Labute approximate surface area is 185 Å². The Kier molecular flexibility index (Phi) is 5.70. The van der Waals surface area contributed by atoms with Crippen LogP contribution in [-0.4, -0.2) is 46.9 Å². The first-order valence-corrected chi connectivity index (χ1v) is 11.2. The number of urea groups is 1. The van der Waals surface area contributed by atoms with Crippen molar-refractivity contribution in [1.29, 1.82) is 0 Å². The fourth-order valence-electron chi connectivity index (χ4n) is 4.41. The van der Waals surface area contributed by atoms with E-state index < -0.39 is 17.5 Å². The zero-order valence-electron chi connectivity index (χ0n) is 17.9. The summed E-state index contributed by atoms with van der Waals surface area (Å²) in [6.07, 6.45) is 3.45. The van der Waals surface area contributed by atoms with Gasteiger partial charge in [0.25, 0.3) is 5.91 Å². The molecule has 4 amide bonds. The van der Waals surface area contributed by atoms with Gasteiger partial charge in [0.05, 0.1) is 12.8 Å². The molecule has 4 rings (SSSR count). The normalized spacial score (nSPS) is 23.2. The number of nitrogens with zero attached hydrogens (tertiary/aromatic N) is 2. The molecule has 164 valence electrons. The molecule has 1 saturated heterocycles. The third-order valence-corrected chi connectivity index (χ3v) is 7.10. The van der Waals surface area contributed by atoms with Gasteiger partial charge in [0.2, 0.25) is 5.91 Å². The first kappa shape index (κ1) is 21.3. The van der Waals surface area contributed by atoms with Gasteiger partial charge >= 0.3 is 6.03 Å². The molecule has 1 spiro atoms. The highest BCUT2D eigenvalue weighted by Crippen LogP contribution is 2.38. The smallest absolute Gasteiger partial charge is 0.325 e. The molecule has 0 bridgehead atoms. The lowest BCUT2D eigenvalue weighted by Gasteiger charge is -2.36. The fraction of sp³-hybridized carbons (Fsp3) is 0.455. The Morgan fingerprint density at radius 3 is 2.74 bits per heavy atom. The van der Waals surface area contributed by atoms with E-state index in [1.807, 2.05) is 38.1 Å². The maximum atomic E-state index is 13.0. The molecule has 2 aliphatic rings. The molecule has 0 unspecified atom stereocenters. The predicted octanol–water partition coefficient (Wildman–Crippen LogP) is 3.57. The Hall–Kier alpha value is -2.94. The third kappa shape index (κ3) is 3.89. The number of aromatic nitrogens is 1. The molecule has 1 aliphatic heterocycles. The summed E-state index contributed by atoms with van der Waals surface area (Å²) in [7, 11) is 1.61. The van der Waals surface area contributed by atoms with Crippen LogP contribution in [0.2, 0.25) is 0 Å². The van der Waals surface area contributed by atoms with Crippen molar-refractivity contribution in [3.8, 4) is 17.0 Å². The quantitative estimate of drug-likeness (QED) is 0.690. The van der Waals surface area contributed by atoms with Crippen LogP contribution in [0.25, 0.3) is 11.3 Å². The highest BCUT2D eigenvalue weighted by molar-refractivity contribution is 7.16. The number of imide groups is 1. The highest BCUT2D eigenvalue weighted by atomic mass is 32.1. The zero-order chi connectivity index (χ0) is 22.2. The molecule has 8 nitrogen and oxygen atoms in total. The Morgan fingerprint density at radius 2 is 2.06 bits per heavy atom. The minimum Gasteiger partial charge on any atom is -0.497 e. The second-order valence-corrected chi connectivity index (χ2v) is 9.34. The van der Waals surface area contributed by atoms with Crippen molar-refractivity contribution in [1.82, 2.24) is 15.2 Å². The van der Waals surface area contributed by atoms with E-state index in [1.165, 1.54) is 11.3 Å². The van der Waals surface area contributed by atoms with Crippen LogP contribution in [0.15, 0.2) is 24.3 Å². The van der Waals surface area contributed by atoms with Crippen LogP contribution in [0, 0.1) is 12.8 Å². The van der Waals surface area contributed by atoms with Crippen LogP contribution in [-0.2, 0) is 9.59 Å². The van der Waals surface area contributed by atoms with Crippen molar-refractivity contribution in [2.45, 2.75) is 45.1 Å². The van der Waals surface area contributed by atoms with Gasteiger partial charge in [0.1, 0.15) is 17.8 Å². The standard InChI is InChI=1S/C22H26N4O4S/c1-13-6-4-5-11-22(13)19(28)26(21(29)25-22)12-17(27)23-20-24-18(14(2)31-20)15-7-9-16(30-3)10-8-15/h7-10,13H,4-6,11-12H2,1-3H3,(H,25,29)(H,23,24,27)/t13-,22+/m1/s1. The number of hydrogen-bond donors (Lipinski definition) is 2.